The average Bonchev–Trinajstić information content (AvgIpc) is 3.34. The first-order chi connectivity index (χ1) is 21.4. The van der Waals surface area contributed by atoms with Crippen molar-refractivity contribution in [2.75, 3.05) is 26.9 Å². The highest BCUT2D eigenvalue weighted by Crippen LogP contribution is 2.41. The van der Waals surface area contributed by atoms with Crippen LogP contribution in [0.4, 0.5) is 17.6 Å². The molecule has 2 aromatic carbocycles. The molecular weight excluding hydrogens is 608 g/mol. The predicted octanol–water partition coefficient (Wildman–Crippen LogP) is 7.86. The van der Waals surface area contributed by atoms with E-state index in [2.05, 4.69) is 24.6 Å². The normalized spacial score (nSPS) is 14.4. The summed E-state index contributed by atoms with van der Waals surface area (Å²) in [5.74, 6) is -3.65. The number of fused-ring (bicyclic) bond motifs is 1. The summed E-state index contributed by atoms with van der Waals surface area (Å²) in [5, 5.41) is 0.316. The van der Waals surface area contributed by atoms with Gasteiger partial charge in [0.05, 0.1) is 25.7 Å². The molecule has 1 saturated heterocycles. The molecule has 3 heterocycles. The summed E-state index contributed by atoms with van der Waals surface area (Å²) in [6.07, 6.45) is 2.75. The Labute approximate surface area is 260 Å². The van der Waals surface area contributed by atoms with Crippen LogP contribution < -0.4 is 9.47 Å². The zero-order valence-electron chi connectivity index (χ0n) is 25.7. The van der Waals surface area contributed by atoms with Crippen molar-refractivity contribution in [1.82, 2.24) is 9.55 Å². The van der Waals surface area contributed by atoms with Crippen LogP contribution in [0.25, 0.3) is 22.2 Å². The topological polar surface area (TPSA) is 71.8 Å². The molecule has 0 aliphatic carbocycles. The number of alkyl halides is 1. The molecule has 0 spiro atoms. The molecule has 0 saturated carbocycles. The van der Waals surface area contributed by atoms with E-state index in [4.69, 9.17) is 18.9 Å². The number of carbonyl (C=O) groups is 1. The molecule has 1 aliphatic heterocycles. The van der Waals surface area contributed by atoms with Crippen LogP contribution in [0.15, 0.2) is 48.8 Å². The number of nitrogens with zero attached hydrogens (tertiary/aromatic N) is 2. The zero-order valence-corrected chi connectivity index (χ0v) is 26.7. The quantitative estimate of drug-likeness (QED) is 0.0791. The molecule has 4 aromatic rings. The number of methoxy groups -OCH3 is 1. The number of Topliss-reactive ketones (excluding diaryl/α,β-unsaturated/α-hetero) is 1. The summed E-state index contributed by atoms with van der Waals surface area (Å²) in [6.45, 7) is 7.26. The van der Waals surface area contributed by atoms with E-state index in [1.807, 2.05) is 0 Å². The molecule has 0 bridgehead atoms. The minimum Gasteiger partial charge on any atom is -0.494 e. The van der Waals surface area contributed by atoms with Crippen LogP contribution in [0.5, 0.6) is 17.2 Å². The number of halogens is 4. The molecule has 2 aromatic heterocycles. The summed E-state index contributed by atoms with van der Waals surface area (Å²) in [7, 11) is 0.0138. The van der Waals surface area contributed by atoms with Crippen molar-refractivity contribution in [3.8, 4) is 28.4 Å². The summed E-state index contributed by atoms with van der Waals surface area (Å²) < 4.78 is 83.8. The standard InChI is InChI=1S/C33H36F4N2O5Si/c1-41-28-7-5-6-23(30(28)36)24-17-39(20-42-12-13-45(2,3)4)32-29(24)27(9-11-38-32)44-31-25(34)15-21(16-26(31)35)14-22(40)8-10-33(37)18-43-19-33/h5-7,9,11,15-17H,8,10,12-14,18-20H2,1-4H3. The van der Waals surface area contributed by atoms with Crippen molar-refractivity contribution in [2.45, 2.75) is 57.3 Å². The number of ether oxygens (including phenoxy) is 4. The third-order valence-electron chi connectivity index (χ3n) is 7.66. The van der Waals surface area contributed by atoms with Crippen molar-refractivity contribution in [1.29, 1.82) is 0 Å². The molecule has 1 fully saturated rings. The largest absolute Gasteiger partial charge is 0.494 e. The lowest BCUT2D eigenvalue weighted by Gasteiger charge is -2.33. The molecule has 240 valence electrons. The molecule has 0 atom stereocenters. The molecule has 45 heavy (non-hydrogen) atoms. The number of carbonyl (C=O) groups excluding carboxylic acids is 1. The van der Waals surface area contributed by atoms with Gasteiger partial charge < -0.3 is 23.5 Å². The van der Waals surface area contributed by atoms with E-state index in [0.717, 1.165) is 18.2 Å². The average molecular weight is 645 g/mol. The van der Waals surface area contributed by atoms with E-state index in [9.17, 15) is 9.18 Å². The Balaban J connectivity index is 1.46. The van der Waals surface area contributed by atoms with E-state index in [-0.39, 0.29) is 67.6 Å². The fourth-order valence-electron chi connectivity index (χ4n) is 5.06. The number of pyridine rings is 1. The van der Waals surface area contributed by atoms with Crippen LogP contribution in [-0.4, -0.2) is 56.0 Å². The van der Waals surface area contributed by atoms with Crippen molar-refractivity contribution in [3.63, 3.8) is 0 Å². The second-order valence-corrected chi connectivity index (χ2v) is 18.2. The third-order valence-corrected chi connectivity index (χ3v) is 9.37. The number of benzene rings is 2. The number of hydrogen-bond acceptors (Lipinski definition) is 6. The lowest BCUT2D eigenvalue weighted by Crippen LogP contribution is -2.45. The lowest BCUT2D eigenvalue weighted by atomic mass is 9.95. The summed E-state index contributed by atoms with van der Waals surface area (Å²) >= 11 is 0. The predicted molar refractivity (Wildman–Crippen MR) is 165 cm³/mol. The van der Waals surface area contributed by atoms with Crippen LogP contribution in [0.1, 0.15) is 18.4 Å². The number of aromatic nitrogens is 2. The Kier molecular flexibility index (Phi) is 9.66. The van der Waals surface area contributed by atoms with E-state index in [1.165, 1.54) is 25.4 Å². The molecule has 7 nitrogen and oxygen atoms in total. The van der Waals surface area contributed by atoms with Crippen LogP contribution >= 0.6 is 0 Å². The molecule has 1 aliphatic rings. The van der Waals surface area contributed by atoms with Gasteiger partial charge in [-0.2, -0.15) is 0 Å². The van der Waals surface area contributed by atoms with E-state index in [0.29, 0.717) is 23.2 Å². The van der Waals surface area contributed by atoms with Crippen LogP contribution in [0.3, 0.4) is 0 Å². The second kappa shape index (κ2) is 13.3. The lowest BCUT2D eigenvalue weighted by molar-refractivity contribution is -0.139. The Morgan fingerprint density at radius 2 is 1.80 bits per heavy atom. The van der Waals surface area contributed by atoms with Crippen molar-refractivity contribution in [3.05, 3.63) is 71.8 Å². The molecular formula is C33H36F4N2O5Si. The van der Waals surface area contributed by atoms with Gasteiger partial charge in [0.1, 0.15) is 23.9 Å². The maximum Gasteiger partial charge on any atom is 0.198 e. The molecule has 12 heteroatoms. The minimum absolute atomic E-state index is 0.00471. The van der Waals surface area contributed by atoms with E-state index < -0.39 is 36.9 Å². The smallest absolute Gasteiger partial charge is 0.198 e. The monoisotopic (exact) mass is 644 g/mol. The maximum absolute atomic E-state index is 15.5. The Bertz CT molecular complexity index is 1680. The number of hydrogen-bond donors (Lipinski definition) is 0. The Morgan fingerprint density at radius 3 is 2.44 bits per heavy atom. The first-order valence-electron chi connectivity index (χ1n) is 14.7. The van der Waals surface area contributed by atoms with Crippen molar-refractivity contribution < 1.29 is 41.3 Å². The van der Waals surface area contributed by atoms with Crippen LogP contribution in [0, 0.1) is 17.5 Å². The van der Waals surface area contributed by atoms with Gasteiger partial charge in [-0.05, 0) is 42.3 Å². The van der Waals surface area contributed by atoms with Gasteiger partial charge in [-0.15, -0.1) is 0 Å². The summed E-state index contributed by atoms with van der Waals surface area (Å²) in [5.41, 5.74) is -0.518. The number of ketones is 1. The first kappa shape index (κ1) is 32.6. The van der Waals surface area contributed by atoms with Gasteiger partial charge in [0.2, 0.25) is 0 Å². The maximum atomic E-state index is 15.5. The molecule has 0 amide bonds. The van der Waals surface area contributed by atoms with Gasteiger partial charge in [0.25, 0.3) is 0 Å². The molecule has 0 unspecified atom stereocenters. The highest BCUT2D eigenvalue weighted by molar-refractivity contribution is 6.76. The summed E-state index contributed by atoms with van der Waals surface area (Å²) in [4.78, 5) is 16.9. The number of rotatable bonds is 14. The van der Waals surface area contributed by atoms with Gasteiger partial charge in [-0.1, -0.05) is 31.8 Å². The Hall–Kier alpha value is -3.74. The zero-order chi connectivity index (χ0) is 32.4. The highest BCUT2D eigenvalue weighted by atomic mass is 28.3. The van der Waals surface area contributed by atoms with Crippen molar-refractivity contribution >= 4 is 24.9 Å². The summed E-state index contributed by atoms with van der Waals surface area (Å²) in [6, 6.07) is 9.11. The second-order valence-electron chi connectivity index (χ2n) is 12.5. The Morgan fingerprint density at radius 1 is 1.07 bits per heavy atom. The van der Waals surface area contributed by atoms with Crippen LogP contribution in [-0.2, 0) is 27.4 Å². The van der Waals surface area contributed by atoms with Crippen molar-refractivity contribution in [2.24, 2.45) is 0 Å². The van der Waals surface area contributed by atoms with E-state index in [1.54, 1.807) is 22.9 Å². The van der Waals surface area contributed by atoms with Gasteiger partial charge in [-0.25, -0.2) is 22.5 Å². The molecule has 0 radical (unpaired) electrons. The van der Waals surface area contributed by atoms with Gasteiger partial charge in [0.15, 0.2) is 34.6 Å². The highest BCUT2D eigenvalue weighted by Gasteiger charge is 2.38. The molecule has 5 rings (SSSR count). The SMILES string of the molecule is COc1cccc(-c2cn(COCC[Si](C)(C)C)c3nccc(Oc4c(F)cc(CC(=O)CCC5(F)COC5)cc4F)c23)c1F. The first-order valence-corrected chi connectivity index (χ1v) is 18.4. The van der Waals surface area contributed by atoms with Gasteiger partial charge >= 0.3 is 0 Å². The van der Waals surface area contributed by atoms with Crippen LogP contribution in [0.2, 0.25) is 25.7 Å². The molecule has 0 N–H and O–H groups in total. The van der Waals surface area contributed by atoms with Gasteiger partial charge in [-0.3, -0.25) is 4.79 Å². The minimum atomic E-state index is -1.52. The fraction of sp³-hybridized carbons (Fsp3) is 0.394. The van der Waals surface area contributed by atoms with Gasteiger partial charge in [0, 0.05) is 51.0 Å². The van der Waals surface area contributed by atoms with E-state index >= 15 is 13.2 Å². The fourth-order valence-corrected chi connectivity index (χ4v) is 5.82. The third kappa shape index (κ3) is 7.56.